The molecular formula is C11H19ClN4O2S. The number of aromatic nitrogens is 2. The molecular weight excluding hydrogens is 288 g/mol. The summed E-state index contributed by atoms with van der Waals surface area (Å²) in [5.41, 5.74) is 0. The Kier molecular flexibility index (Phi) is 4.83. The molecule has 8 heteroatoms. The summed E-state index contributed by atoms with van der Waals surface area (Å²) >= 11 is 5.84. The molecule has 0 saturated carbocycles. The zero-order valence-electron chi connectivity index (χ0n) is 10.9. The third kappa shape index (κ3) is 3.68. The van der Waals surface area contributed by atoms with Gasteiger partial charge < -0.3 is 5.32 Å². The van der Waals surface area contributed by atoms with Gasteiger partial charge in [-0.1, -0.05) is 11.6 Å². The van der Waals surface area contributed by atoms with Crippen molar-refractivity contribution < 1.29 is 8.42 Å². The van der Waals surface area contributed by atoms with Crippen LogP contribution in [0.4, 0.5) is 0 Å². The molecule has 1 aromatic heterocycles. The maximum absolute atomic E-state index is 12.1. The van der Waals surface area contributed by atoms with Gasteiger partial charge in [-0.05, 0) is 38.3 Å². The summed E-state index contributed by atoms with van der Waals surface area (Å²) < 4.78 is 28.1. The summed E-state index contributed by atoms with van der Waals surface area (Å²) in [6, 6.07) is 0. The molecule has 1 saturated heterocycles. The van der Waals surface area contributed by atoms with Crippen molar-refractivity contribution in [2.75, 3.05) is 19.6 Å². The molecule has 19 heavy (non-hydrogen) atoms. The van der Waals surface area contributed by atoms with Crippen LogP contribution in [0.25, 0.3) is 0 Å². The van der Waals surface area contributed by atoms with E-state index in [1.165, 1.54) is 10.9 Å². The molecule has 2 rings (SSSR count). The molecule has 2 heterocycles. The molecule has 0 aromatic carbocycles. The fraction of sp³-hybridized carbons (Fsp3) is 0.727. The van der Waals surface area contributed by atoms with Crippen LogP contribution in [-0.2, 0) is 17.1 Å². The first-order chi connectivity index (χ1) is 9.00. The van der Waals surface area contributed by atoms with Gasteiger partial charge in [0.15, 0.2) is 5.03 Å². The van der Waals surface area contributed by atoms with E-state index in [4.69, 9.17) is 11.6 Å². The van der Waals surface area contributed by atoms with Crippen LogP contribution in [-0.4, -0.2) is 37.8 Å². The summed E-state index contributed by atoms with van der Waals surface area (Å²) in [6.07, 6.45) is 4.48. The lowest BCUT2D eigenvalue weighted by Crippen LogP contribution is -2.33. The number of rotatable bonds is 5. The van der Waals surface area contributed by atoms with Gasteiger partial charge in [0.25, 0.3) is 10.0 Å². The molecule has 1 aliphatic heterocycles. The third-order valence-electron chi connectivity index (χ3n) is 3.34. The fourth-order valence-electron chi connectivity index (χ4n) is 2.34. The van der Waals surface area contributed by atoms with Crippen molar-refractivity contribution in [1.82, 2.24) is 19.8 Å². The monoisotopic (exact) mass is 306 g/mol. The maximum Gasteiger partial charge on any atom is 0.259 e. The zero-order chi connectivity index (χ0) is 13.9. The highest BCUT2D eigenvalue weighted by Gasteiger charge is 2.22. The Morgan fingerprint density at radius 2 is 2.42 bits per heavy atom. The molecule has 108 valence electrons. The minimum absolute atomic E-state index is 0.0240. The summed E-state index contributed by atoms with van der Waals surface area (Å²) in [5, 5.41) is 7.32. The van der Waals surface area contributed by atoms with Gasteiger partial charge in [0.2, 0.25) is 0 Å². The Morgan fingerprint density at radius 1 is 1.63 bits per heavy atom. The van der Waals surface area contributed by atoms with Crippen molar-refractivity contribution in [2.45, 2.75) is 24.3 Å². The standard InChI is InChI=1S/C11H19ClN4O2S/c1-16-11(10(12)8-14-16)19(17,18)15-6-4-9-3-2-5-13-7-9/h8-9,13,15H,2-7H2,1H3. The van der Waals surface area contributed by atoms with Gasteiger partial charge in [-0.15, -0.1) is 0 Å². The van der Waals surface area contributed by atoms with Crippen LogP contribution in [0.5, 0.6) is 0 Å². The summed E-state index contributed by atoms with van der Waals surface area (Å²) in [4.78, 5) is 0. The van der Waals surface area contributed by atoms with Crippen molar-refractivity contribution in [3.8, 4) is 0 Å². The molecule has 1 unspecified atom stereocenters. The van der Waals surface area contributed by atoms with Crippen molar-refractivity contribution in [1.29, 1.82) is 0 Å². The lowest BCUT2D eigenvalue weighted by molar-refractivity contribution is 0.358. The predicted molar refractivity (Wildman–Crippen MR) is 73.6 cm³/mol. The number of aryl methyl sites for hydroxylation is 1. The van der Waals surface area contributed by atoms with Crippen LogP contribution in [0.1, 0.15) is 19.3 Å². The second-order valence-electron chi connectivity index (χ2n) is 4.82. The van der Waals surface area contributed by atoms with Gasteiger partial charge in [-0.3, -0.25) is 4.68 Å². The molecule has 0 radical (unpaired) electrons. The smallest absolute Gasteiger partial charge is 0.259 e. The van der Waals surface area contributed by atoms with E-state index in [9.17, 15) is 8.42 Å². The van der Waals surface area contributed by atoms with Gasteiger partial charge >= 0.3 is 0 Å². The van der Waals surface area contributed by atoms with Crippen LogP contribution in [0.3, 0.4) is 0 Å². The van der Waals surface area contributed by atoms with Crippen molar-refractivity contribution in [3.63, 3.8) is 0 Å². The predicted octanol–water partition coefficient (Wildman–Crippen LogP) is 0.742. The summed E-state index contributed by atoms with van der Waals surface area (Å²) in [7, 11) is -2.02. The Balaban J connectivity index is 1.91. The minimum Gasteiger partial charge on any atom is -0.316 e. The molecule has 0 bridgehead atoms. The lowest BCUT2D eigenvalue weighted by Gasteiger charge is -2.22. The largest absolute Gasteiger partial charge is 0.316 e. The molecule has 0 amide bonds. The number of nitrogens with one attached hydrogen (secondary N) is 2. The number of hydrogen-bond donors (Lipinski definition) is 2. The second-order valence-corrected chi connectivity index (χ2v) is 6.91. The number of sulfonamides is 1. The molecule has 1 aromatic rings. The van der Waals surface area contributed by atoms with Crippen LogP contribution in [0, 0.1) is 5.92 Å². The molecule has 1 atom stereocenters. The van der Waals surface area contributed by atoms with Gasteiger partial charge in [0, 0.05) is 13.6 Å². The number of halogens is 1. The van der Waals surface area contributed by atoms with Crippen molar-refractivity contribution >= 4 is 21.6 Å². The highest BCUT2D eigenvalue weighted by Crippen LogP contribution is 2.20. The maximum atomic E-state index is 12.1. The molecule has 2 N–H and O–H groups in total. The normalized spacial score (nSPS) is 20.6. The SMILES string of the molecule is Cn1ncc(Cl)c1S(=O)(=O)NCCC1CCCNC1. The summed E-state index contributed by atoms with van der Waals surface area (Å²) in [5.74, 6) is 0.540. The van der Waals surface area contributed by atoms with E-state index in [0.717, 1.165) is 32.4 Å². The average Bonchev–Trinajstić information content (AvgIpc) is 2.70. The van der Waals surface area contributed by atoms with Gasteiger partial charge in [-0.25, -0.2) is 13.1 Å². The third-order valence-corrected chi connectivity index (χ3v) is 5.31. The fourth-order valence-corrected chi connectivity index (χ4v) is 4.04. The number of piperidine rings is 1. The van der Waals surface area contributed by atoms with Crippen LogP contribution in [0.15, 0.2) is 11.2 Å². The van der Waals surface area contributed by atoms with E-state index in [-0.39, 0.29) is 10.0 Å². The topological polar surface area (TPSA) is 76.0 Å². The first kappa shape index (κ1) is 14.8. The molecule has 0 aliphatic carbocycles. The van der Waals surface area contributed by atoms with Gasteiger partial charge in [-0.2, -0.15) is 5.10 Å². The first-order valence-electron chi connectivity index (χ1n) is 6.38. The molecule has 1 aliphatic rings. The van der Waals surface area contributed by atoms with Crippen LogP contribution < -0.4 is 10.0 Å². The van der Waals surface area contributed by atoms with E-state index in [0.29, 0.717) is 12.5 Å². The van der Waals surface area contributed by atoms with Crippen molar-refractivity contribution in [2.24, 2.45) is 13.0 Å². The van der Waals surface area contributed by atoms with E-state index in [1.807, 2.05) is 0 Å². The van der Waals surface area contributed by atoms with E-state index >= 15 is 0 Å². The molecule has 1 fully saturated rings. The molecule has 6 nitrogen and oxygen atoms in total. The Bertz CT molecular complexity index is 503. The number of hydrogen-bond acceptors (Lipinski definition) is 4. The molecule has 0 spiro atoms. The lowest BCUT2D eigenvalue weighted by atomic mass is 9.96. The number of nitrogens with zero attached hydrogens (tertiary/aromatic N) is 2. The van der Waals surface area contributed by atoms with E-state index < -0.39 is 10.0 Å². The first-order valence-corrected chi connectivity index (χ1v) is 8.24. The minimum atomic E-state index is -3.58. The van der Waals surface area contributed by atoms with Gasteiger partial charge in [0.1, 0.15) is 0 Å². The summed E-state index contributed by atoms with van der Waals surface area (Å²) in [6.45, 7) is 2.46. The Labute approximate surface area is 118 Å². The average molecular weight is 307 g/mol. The zero-order valence-corrected chi connectivity index (χ0v) is 12.5. The highest BCUT2D eigenvalue weighted by atomic mass is 35.5. The van der Waals surface area contributed by atoms with Crippen LogP contribution >= 0.6 is 11.6 Å². The second kappa shape index (κ2) is 6.21. The van der Waals surface area contributed by atoms with Gasteiger partial charge in [0.05, 0.1) is 11.2 Å². The Morgan fingerprint density at radius 3 is 3.00 bits per heavy atom. The highest BCUT2D eigenvalue weighted by molar-refractivity contribution is 7.89. The van der Waals surface area contributed by atoms with Crippen LogP contribution in [0.2, 0.25) is 5.02 Å². The Hall–Kier alpha value is -0.630. The van der Waals surface area contributed by atoms with E-state index in [2.05, 4.69) is 15.1 Å². The van der Waals surface area contributed by atoms with E-state index in [1.54, 1.807) is 7.05 Å². The van der Waals surface area contributed by atoms with Crippen molar-refractivity contribution in [3.05, 3.63) is 11.2 Å². The quantitative estimate of drug-likeness (QED) is 0.841.